The largest absolute Gasteiger partial charge is 0.497 e. The molecule has 3 aromatic rings. The maximum Gasteiger partial charge on any atom is 0.132 e. The number of anilines is 2. The van der Waals surface area contributed by atoms with Crippen LogP contribution in [0.15, 0.2) is 60.7 Å². The Morgan fingerprint density at radius 1 is 0.963 bits per heavy atom. The van der Waals surface area contributed by atoms with Crippen molar-refractivity contribution in [2.45, 2.75) is 26.3 Å². The minimum absolute atomic E-state index is 0.171. The molecule has 140 valence electrons. The molecule has 0 radical (unpaired) electrons. The van der Waals surface area contributed by atoms with E-state index in [1.54, 1.807) is 7.11 Å². The van der Waals surface area contributed by atoms with Gasteiger partial charge in [-0.25, -0.2) is 9.97 Å². The molecule has 0 aliphatic carbocycles. The monoisotopic (exact) mass is 362 g/mol. The van der Waals surface area contributed by atoms with Gasteiger partial charge in [-0.15, -0.1) is 0 Å². The predicted octanol–water partition coefficient (Wildman–Crippen LogP) is 4.62. The second-order valence-electron chi connectivity index (χ2n) is 6.49. The number of methoxy groups -OCH3 is 1. The average Bonchev–Trinajstić information content (AvgIpc) is 2.68. The third-order valence-electron chi connectivity index (χ3n) is 4.36. The van der Waals surface area contributed by atoms with E-state index in [1.807, 2.05) is 43.3 Å². The molecule has 1 aromatic heterocycles. The quantitative estimate of drug-likeness (QED) is 0.612. The molecule has 0 fully saturated rings. The number of rotatable bonds is 8. The van der Waals surface area contributed by atoms with Crippen molar-refractivity contribution in [3.8, 4) is 5.75 Å². The van der Waals surface area contributed by atoms with Gasteiger partial charge in [0.1, 0.15) is 23.2 Å². The van der Waals surface area contributed by atoms with Crippen molar-refractivity contribution in [1.29, 1.82) is 0 Å². The van der Waals surface area contributed by atoms with Crippen LogP contribution in [-0.2, 0) is 6.42 Å². The molecule has 5 nitrogen and oxygen atoms in total. The van der Waals surface area contributed by atoms with Gasteiger partial charge in [0.15, 0.2) is 0 Å². The van der Waals surface area contributed by atoms with Crippen LogP contribution in [0.2, 0.25) is 0 Å². The smallest absolute Gasteiger partial charge is 0.132 e. The highest BCUT2D eigenvalue weighted by Crippen LogP contribution is 2.20. The van der Waals surface area contributed by atoms with E-state index in [9.17, 15) is 0 Å². The summed E-state index contributed by atoms with van der Waals surface area (Å²) in [5.74, 6) is 3.27. The summed E-state index contributed by atoms with van der Waals surface area (Å²) in [4.78, 5) is 9.00. The molecule has 1 heterocycles. The standard InChI is InChI=1S/C22H26N4O/c1-16(19-9-5-4-6-10-19)24-22-15-21(25-17(2)26-22)23-13-12-18-8-7-11-20(14-18)27-3/h4-11,14-16H,12-13H2,1-3H3,(H2,23,24,25,26). The van der Waals surface area contributed by atoms with E-state index in [0.29, 0.717) is 0 Å². The molecule has 0 saturated carbocycles. The molecule has 27 heavy (non-hydrogen) atoms. The number of hydrogen-bond acceptors (Lipinski definition) is 5. The van der Waals surface area contributed by atoms with Crippen LogP contribution in [0.25, 0.3) is 0 Å². The molecule has 2 N–H and O–H groups in total. The fraction of sp³-hybridized carbons (Fsp3) is 0.273. The Morgan fingerprint density at radius 2 is 1.74 bits per heavy atom. The summed E-state index contributed by atoms with van der Waals surface area (Å²) in [6.45, 7) is 4.82. The molecule has 5 heteroatoms. The van der Waals surface area contributed by atoms with E-state index >= 15 is 0 Å². The fourth-order valence-electron chi connectivity index (χ4n) is 2.94. The highest BCUT2D eigenvalue weighted by molar-refractivity contribution is 5.49. The Balaban J connectivity index is 1.61. The molecule has 0 saturated heterocycles. The summed E-state index contributed by atoms with van der Waals surface area (Å²) >= 11 is 0. The molecular formula is C22H26N4O. The number of nitrogens with zero attached hydrogens (tertiary/aromatic N) is 2. The second kappa shape index (κ2) is 9.03. The van der Waals surface area contributed by atoms with Crippen molar-refractivity contribution in [3.05, 3.63) is 77.6 Å². The summed E-state index contributed by atoms with van der Waals surface area (Å²) in [6, 6.07) is 20.6. The average molecular weight is 362 g/mol. The first-order valence-electron chi connectivity index (χ1n) is 9.18. The number of aryl methyl sites for hydroxylation is 1. The van der Waals surface area contributed by atoms with Gasteiger partial charge in [0.05, 0.1) is 7.11 Å². The zero-order chi connectivity index (χ0) is 19.1. The van der Waals surface area contributed by atoms with Gasteiger partial charge in [0, 0.05) is 18.7 Å². The minimum atomic E-state index is 0.171. The molecule has 1 atom stereocenters. The molecule has 0 spiro atoms. The number of aromatic nitrogens is 2. The lowest BCUT2D eigenvalue weighted by atomic mass is 10.1. The third-order valence-corrected chi connectivity index (χ3v) is 4.36. The van der Waals surface area contributed by atoms with Gasteiger partial charge >= 0.3 is 0 Å². The molecule has 0 aliphatic heterocycles. The zero-order valence-electron chi connectivity index (χ0n) is 16.1. The third kappa shape index (κ3) is 5.45. The molecule has 0 aliphatic rings. The van der Waals surface area contributed by atoms with Gasteiger partial charge in [0.25, 0.3) is 0 Å². The maximum atomic E-state index is 5.28. The van der Waals surface area contributed by atoms with Crippen molar-refractivity contribution in [3.63, 3.8) is 0 Å². The first-order valence-corrected chi connectivity index (χ1v) is 9.18. The summed E-state index contributed by atoms with van der Waals surface area (Å²) in [5.41, 5.74) is 2.45. The van der Waals surface area contributed by atoms with Crippen LogP contribution in [-0.4, -0.2) is 23.6 Å². The lowest BCUT2D eigenvalue weighted by Crippen LogP contribution is -2.11. The Labute approximate surface area is 160 Å². The van der Waals surface area contributed by atoms with E-state index in [2.05, 4.69) is 51.8 Å². The van der Waals surface area contributed by atoms with Gasteiger partial charge in [-0.2, -0.15) is 0 Å². The van der Waals surface area contributed by atoms with E-state index in [4.69, 9.17) is 4.74 Å². The zero-order valence-corrected chi connectivity index (χ0v) is 16.1. The molecule has 0 bridgehead atoms. The van der Waals surface area contributed by atoms with Crippen molar-refractivity contribution in [1.82, 2.24) is 9.97 Å². The molecule has 2 aromatic carbocycles. The van der Waals surface area contributed by atoms with Crippen molar-refractivity contribution in [2.75, 3.05) is 24.3 Å². The van der Waals surface area contributed by atoms with Crippen LogP contribution in [0.5, 0.6) is 5.75 Å². The SMILES string of the molecule is COc1cccc(CCNc2cc(NC(C)c3ccccc3)nc(C)n2)c1. The van der Waals surface area contributed by atoms with E-state index in [0.717, 1.165) is 36.2 Å². The number of ether oxygens (including phenoxy) is 1. The molecular weight excluding hydrogens is 336 g/mol. The maximum absolute atomic E-state index is 5.28. The van der Waals surface area contributed by atoms with Crippen LogP contribution >= 0.6 is 0 Å². The topological polar surface area (TPSA) is 59.1 Å². The van der Waals surface area contributed by atoms with E-state index in [1.165, 1.54) is 11.1 Å². The summed E-state index contributed by atoms with van der Waals surface area (Å²) in [5, 5.41) is 6.85. The Morgan fingerprint density at radius 3 is 2.52 bits per heavy atom. The molecule has 3 rings (SSSR count). The van der Waals surface area contributed by atoms with Gasteiger partial charge < -0.3 is 15.4 Å². The summed E-state index contributed by atoms with van der Waals surface area (Å²) in [7, 11) is 1.69. The van der Waals surface area contributed by atoms with Crippen LogP contribution in [0.3, 0.4) is 0 Å². The Bertz CT molecular complexity index is 867. The first kappa shape index (κ1) is 18.7. The van der Waals surface area contributed by atoms with Gasteiger partial charge in [-0.3, -0.25) is 0 Å². The first-order chi connectivity index (χ1) is 13.1. The Hall–Kier alpha value is -3.08. The van der Waals surface area contributed by atoms with Crippen molar-refractivity contribution in [2.24, 2.45) is 0 Å². The lowest BCUT2D eigenvalue weighted by molar-refractivity contribution is 0.414. The Kier molecular flexibility index (Phi) is 6.26. The van der Waals surface area contributed by atoms with E-state index in [-0.39, 0.29) is 6.04 Å². The van der Waals surface area contributed by atoms with Crippen molar-refractivity contribution < 1.29 is 4.74 Å². The normalized spacial score (nSPS) is 11.7. The highest BCUT2D eigenvalue weighted by Gasteiger charge is 2.08. The van der Waals surface area contributed by atoms with Crippen LogP contribution < -0.4 is 15.4 Å². The predicted molar refractivity (Wildman–Crippen MR) is 110 cm³/mol. The van der Waals surface area contributed by atoms with Crippen LogP contribution in [0.1, 0.15) is 29.9 Å². The van der Waals surface area contributed by atoms with Gasteiger partial charge in [0.2, 0.25) is 0 Å². The second-order valence-corrected chi connectivity index (χ2v) is 6.49. The summed E-state index contributed by atoms with van der Waals surface area (Å²) in [6.07, 6.45) is 0.892. The number of benzene rings is 2. The molecule has 0 amide bonds. The fourth-order valence-corrected chi connectivity index (χ4v) is 2.94. The van der Waals surface area contributed by atoms with Gasteiger partial charge in [-0.05, 0) is 43.5 Å². The number of nitrogens with one attached hydrogen (secondary N) is 2. The van der Waals surface area contributed by atoms with Gasteiger partial charge in [-0.1, -0.05) is 42.5 Å². The van der Waals surface area contributed by atoms with Crippen LogP contribution in [0.4, 0.5) is 11.6 Å². The minimum Gasteiger partial charge on any atom is -0.497 e. The van der Waals surface area contributed by atoms with Crippen LogP contribution in [0, 0.1) is 6.92 Å². The highest BCUT2D eigenvalue weighted by atomic mass is 16.5. The summed E-state index contributed by atoms with van der Waals surface area (Å²) < 4.78 is 5.28. The number of hydrogen-bond donors (Lipinski definition) is 2. The van der Waals surface area contributed by atoms with Crippen molar-refractivity contribution >= 4 is 11.6 Å². The van der Waals surface area contributed by atoms with E-state index < -0.39 is 0 Å². The lowest BCUT2D eigenvalue weighted by Gasteiger charge is -2.16. The molecule has 1 unspecified atom stereocenters.